The Bertz CT molecular complexity index is 198. The van der Waals surface area contributed by atoms with Crippen molar-refractivity contribution >= 4 is 12.4 Å². The molecule has 1 aliphatic carbocycles. The number of alkyl halides is 2. The van der Waals surface area contributed by atoms with Crippen molar-refractivity contribution in [1.82, 2.24) is 10.2 Å². The zero-order chi connectivity index (χ0) is 10.1. The van der Waals surface area contributed by atoms with Crippen LogP contribution in [0.15, 0.2) is 0 Å². The van der Waals surface area contributed by atoms with Gasteiger partial charge in [0.25, 0.3) is 0 Å². The van der Waals surface area contributed by atoms with E-state index in [0.717, 1.165) is 19.6 Å². The first kappa shape index (κ1) is 13.1. The molecule has 1 saturated heterocycles. The number of piperazine rings is 1. The summed E-state index contributed by atoms with van der Waals surface area (Å²) in [6, 6.07) is 0.938. The summed E-state index contributed by atoms with van der Waals surface area (Å²) in [5.74, 6) is -0.329. The standard InChI is InChI=1S/C10H18F2N2.ClH/c1-7-6-14(3-2-13-7)9-4-8(5-9)10(11)12;/h7-10,13H,2-6H2,1H3;1H/t7-,8?,9?;/m0./s1. The molecular formula is C10H19ClF2N2. The molecule has 1 atom stereocenters. The summed E-state index contributed by atoms with van der Waals surface area (Å²) in [5.41, 5.74) is 0. The molecule has 1 aliphatic heterocycles. The van der Waals surface area contributed by atoms with Crippen molar-refractivity contribution in [3.05, 3.63) is 0 Å². The van der Waals surface area contributed by atoms with E-state index in [1.807, 2.05) is 0 Å². The Labute approximate surface area is 95.8 Å². The van der Waals surface area contributed by atoms with Crippen molar-refractivity contribution in [3.8, 4) is 0 Å². The molecule has 0 aromatic rings. The number of hydrogen-bond acceptors (Lipinski definition) is 2. The van der Waals surface area contributed by atoms with Crippen LogP contribution in [-0.2, 0) is 0 Å². The highest BCUT2D eigenvalue weighted by atomic mass is 35.5. The van der Waals surface area contributed by atoms with Crippen molar-refractivity contribution < 1.29 is 8.78 Å². The third-order valence-corrected chi connectivity index (χ3v) is 3.42. The predicted octanol–water partition coefficient (Wildman–Crippen LogP) is 1.75. The van der Waals surface area contributed by atoms with Gasteiger partial charge >= 0.3 is 0 Å². The Balaban J connectivity index is 0.00000112. The van der Waals surface area contributed by atoms with Crippen LogP contribution in [0, 0.1) is 5.92 Å². The molecule has 90 valence electrons. The molecular weight excluding hydrogens is 222 g/mol. The molecule has 2 nitrogen and oxygen atoms in total. The second-order valence-electron chi connectivity index (χ2n) is 4.57. The van der Waals surface area contributed by atoms with Crippen LogP contribution in [0.5, 0.6) is 0 Å². The van der Waals surface area contributed by atoms with Crippen LogP contribution in [0.25, 0.3) is 0 Å². The van der Waals surface area contributed by atoms with Gasteiger partial charge in [0, 0.05) is 37.6 Å². The average Bonchev–Trinajstić information content (AvgIpc) is 2.00. The normalized spacial score (nSPS) is 37.2. The minimum absolute atomic E-state index is 0. The Morgan fingerprint density at radius 1 is 1.33 bits per heavy atom. The number of hydrogen-bond donors (Lipinski definition) is 1. The van der Waals surface area contributed by atoms with Gasteiger partial charge in [-0.1, -0.05) is 0 Å². The number of nitrogens with one attached hydrogen (secondary N) is 1. The van der Waals surface area contributed by atoms with Crippen molar-refractivity contribution in [2.45, 2.75) is 38.3 Å². The maximum atomic E-state index is 12.3. The molecule has 0 radical (unpaired) electrons. The van der Waals surface area contributed by atoms with Gasteiger partial charge in [0.2, 0.25) is 6.43 Å². The Kier molecular flexibility index (Phi) is 4.74. The van der Waals surface area contributed by atoms with Gasteiger partial charge in [-0.25, -0.2) is 8.78 Å². The van der Waals surface area contributed by atoms with Gasteiger partial charge in [0.05, 0.1) is 0 Å². The van der Waals surface area contributed by atoms with Gasteiger partial charge in [-0.2, -0.15) is 0 Å². The van der Waals surface area contributed by atoms with E-state index in [9.17, 15) is 8.78 Å². The largest absolute Gasteiger partial charge is 0.312 e. The molecule has 0 aromatic heterocycles. The van der Waals surface area contributed by atoms with Crippen molar-refractivity contribution in [1.29, 1.82) is 0 Å². The topological polar surface area (TPSA) is 15.3 Å². The molecule has 0 aromatic carbocycles. The summed E-state index contributed by atoms with van der Waals surface area (Å²) in [5, 5.41) is 3.36. The summed E-state index contributed by atoms with van der Waals surface area (Å²) < 4.78 is 24.5. The van der Waals surface area contributed by atoms with E-state index >= 15 is 0 Å². The van der Waals surface area contributed by atoms with Crippen LogP contribution in [0.1, 0.15) is 19.8 Å². The van der Waals surface area contributed by atoms with Gasteiger partial charge in [-0.15, -0.1) is 12.4 Å². The van der Waals surface area contributed by atoms with Crippen LogP contribution in [0.4, 0.5) is 8.78 Å². The fourth-order valence-electron chi connectivity index (χ4n) is 2.43. The van der Waals surface area contributed by atoms with Crippen molar-refractivity contribution in [2.75, 3.05) is 19.6 Å². The molecule has 0 unspecified atom stereocenters. The van der Waals surface area contributed by atoms with Gasteiger partial charge in [-0.3, -0.25) is 4.90 Å². The molecule has 1 saturated carbocycles. The lowest BCUT2D eigenvalue weighted by molar-refractivity contribution is -0.0289. The smallest absolute Gasteiger partial charge is 0.241 e. The molecule has 2 fully saturated rings. The van der Waals surface area contributed by atoms with E-state index < -0.39 is 6.43 Å². The lowest BCUT2D eigenvalue weighted by Crippen LogP contribution is -2.56. The maximum absolute atomic E-state index is 12.3. The fourth-order valence-corrected chi connectivity index (χ4v) is 2.43. The third-order valence-electron chi connectivity index (χ3n) is 3.42. The van der Waals surface area contributed by atoms with E-state index in [-0.39, 0.29) is 18.3 Å². The quantitative estimate of drug-likeness (QED) is 0.791. The highest BCUT2D eigenvalue weighted by molar-refractivity contribution is 5.85. The second-order valence-corrected chi connectivity index (χ2v) is 4.57. The molecule has 1 N–H and O–H groups in total. The van der Waals surface area contributed by atoms with E-state index in [4.69, 9.17) is 0 Å². The van der Waals surface area contributed by atoms with Gasteiger partial charge in [0.1, 0.15) is 0 Å². The van der Waals surface area contributed by atoms with E-state index in [0.29, 0.717) is 24.9 Å². The number of halogens is 3. The first-order valence-corrected chi connectivity index (χ1v) is 5.42. The van der Waals surface area contributed by atoms with Crippen LogP contribution >= 0.6 is 12.4 Å². The zero-order valence-electron chi connectivity index (χ0n) is 8.96. The van der Waals surface area contributed by atoms with E-state index in [2.05, 4.69) is 17.1 Å². The lowest BCUT2D eigenvalue weighted by atomic mass is 9.79. The van der Waals surface area contributed by atoms with Gasteiger partial charge in [0.15, 0.2) is 0 Å². The SMILES string of the molecule is C[C@H]1CN(C2CC(C(F)F)C2)CCN1.Cl. The minimum Gasteiger partial charge on any atom is -0.312 e. The molecule has 1 heterocycles. The molecule has 0 spiro atoms. The summed E-state index contributed by atoms with van der Waals surface area (Å²) in [6.45, 7) is 5.18. The average molecular weight is 241 g/mol. The van der Waals surface area contributed by atoms with Crippen LogP contribution in [0.2, 0.25) is 0 Å². The van der Waals surface area contributed by atoms with Gasteiger partial charge < -0.3 is 5.32 Å². The first-order chi connectivity index (χ1) is 6.66. The molecule has 0 bridgehead atoms. The molecule has 2 aliphatic rings. The summed E-state index contributed by atoms with van der Waals surface area (Å²) >= 11 is 0. The highest BCUT2D eigenvalue weighted by Gasteiger charge is 2.39. The Morgan fingerprint density at radius 2 is 2.00 bits per heavy atom. The molecule has 0 amide bonds. The minimum atomic E-state index is -2.11. The van der Waals surface area contributed by atoms with E-state index in [1.54, 1.807) is 0 Å². The van der Waals surface area contributed by atoms with Crippen molar-refractivity contribution in [3.63, 3.8) is 0 Å². The Morgan fingerprint density at radius 3 is 2.53 bits per heavy atom. The summed E-state index contributed by atoms with van der Waals surface area (Å²) in [4.78, 5) is 2.36. The first-order valence-electron chi connectivity index (χ1n) is 5.42. The third kappa shape index (κ3) is 3.02. The van der Waals surface area contributed by atoms with Crippen LogP contribution in [-0.4, -0.2) is 43.0 Å². The zero-order valence-corrected chi connectivity index (χ0v) is 9.77. The molecule has 15 heavy (non-hydrogen) atoms. The summed E-state index contributed by atoms with van der Waals surface area (Å²) in [7, 11) is 0. The maximum Gasteiger partial charge on any atom is 0.241 e. The van der Waals surface area contributed by atoms with Crippen molar-refractivity contribution in [2.24, 2.45) is 5.92 Å². The van der Waals surface area contributed by atoms with E-state index in [1.165, 1.54) is 0 Å². The highest BCUT2D eigenvalue weighted by Crippen LogP contribution is 2.36. The lowest BCUT2D eigenvalue weighted by Gasteiger charge is -2.45. The van der Waals surface area contributed by atoms with Crippen LogP contribution in [0.3, 0.4) is 0 Å². The van der Waals surface area contributed by atoms with Gasteiger partial charge in [-0.05, 0) is 19.8 Å². The summed E-state index contributed by atoms with van der Waals surface area (Å²) in [6.07, 6.45) is -0.707. The fraction of sp³-hybridized carbons (Fsp3) is 1.00. The molecule has 5 heteroatoms. The second kappa shape index (κ2) is 5.41. The van der Waals surface area contributed by atoms with Crippen LogP contribution < -0.4 is 5.32 Å². The number of rotatable bonds is 2. The monoisotopic (exact) mass is 240 g/mol. The predicted molar refractivity (Wildman–Crippen MR) is 58.8 cm³/mol. The molecule has 2 rings (SSSR count). The number of nitrogens with zero attached hydrogens (tertiary/aromatic N) is 1. The Hall–Kier alpha value is 0.0700.